The van der Waals surface area contributed by atoms with E-state index in [1.165, 1.54) is 12.1 Å². The van der Waals surface area contributed by atoms with Crippen molar-refractivity contribution in [3.63, 3.8) is 0 Å². The topological polar surface area (TPSA) is 41.3 Å². The summed E-state index contributed by atoms with van der Waals surface area (Å²) in [5, 5.41) is 1.73. The van der Waals surface area contributed by atoms with E-state index in [-0.39, 0.29) is 28.3 Å². The Morgan fingerprint density at radius 3 is 2.59 bits per heavy atom. The van der Waals surface area contributed by atoms with Gasteiger partial charge in [0.1, 0.15) is 22.4 Å². The molecule has 0 amide bonds. The molecule has 1 aliphatic rings. The third-order valence-corrected chi connectivity index (χ3v) is 5.59. The summed E-state index contributed by atoms with van der Waals surface area (Å²) < 4.78 is 41.9. The molecular formula is C22H24F3N3S. The number of fused-ring (bicyclic) bond motifs is 1. The fraction of sp³-hybridized carbons (Fsp3) is 0.318. The highest BCUT2D eigenvalue weighted by Gasteiger charge is 2.35. The van der Waals surface area contributed by atoms with Gasteiger partial charge in [0.2, 0.25) is 0 Å². The Balaban J connectivity index is 2.00. The van der Waals surface area contributed by atoms with Crippen LogP contribution >= 0.6 is 12.2 Å². The van der Waals surface area contributed by atoms with Crippen LogP contribution in [0.15, 0.2) is 48.7 Å². The highest BCUT2D eigenvalue weighted by Crippen LogP contribution is 2.41. The number of nitrogens with two attached hydrogens (primary N) is 1. The molecule has 2 aromatic rings. The highest BCUT2D eigenvalue weighted by molar-refractivity contribution is 7.80. The van der Waals surface area contributed by atoms with Gasteiger partial charge in [-0.05, 0) is 80.1 Å². The molecule has 0 saturated heterocycles. The zero-order valence-electron chi connectivity index (χ0n) is 16.2. The van der Waals surface area contributed by atoms with E-state index in [1.54, 1.807) is 18.0 Å². The normalized spacial score (nSPS) is 18.1. The Labute approximate surface area is 174 Å². The molecule has 7 heteroatoms. The van der Waals surface area contributed by atoms with Crippen molar-refractivity contribution in [2.24, 2.45) is 11.7 Å². The molecule has 2 unspecified atom stereocenters. The molecule has 3 nitrogen and oxygen atoms in total. The number of benzene rings is 2. The first kappa shape index (κ1) is 21.3. The summed E-state index contributed by atoms with van der Waals surface area (Å²) in [4.78, 5) is 0.0278. The Bertz CT molecular complexity index is 932. The first-order valence-electron chi connectivity index (χ1n) is 9.51. The molecule has 2 aromatic carbocycles. The monoisotopic (exact) mass is 419 g/mol. The molecule has 1 aliphatic carbocycles. The summed E-state index contributed by atoms with van der Waals surface area (Å²) >= 11 is 5.36. The van der Waals surface area contributed by atoms with E-state index in [1.807, 2.05) is 0 Å². The summed E-state index contributed by atoms with van der Waals surface area (Å²) in [6.07, 6.45) is 2.42. The summed E-state index contributed by atoms with van der Waals surface area (Å²) in [5.41, 5.74) is 11.3. The SMILES string of the molecule is C=C(C)N(NC(=S)c1cc(F)ccc1F)C1c2cc(F)ccc2CCC1CCN. The lowest BCUT2D eigenvalue weighted by Crippen LogP contribution is -2.47. The number of rotatable bonds is 6. The van der Waals surface area contributed by atoms with Gasteiger partial charge in [0.15, 0.2) is 0 Å². The molecule has 0 aliphatic heterocycles. The Hall–Kier alpha value is -2.38. The molecule has 0 fully saturated rings. The summed E-state index contributed by atoms with van der Waals surface area (Å²) in [5.74, 6) is -1.42. The molecule has 3 rings (SSSR count). The number of aryl methyl sites for hydroxylation is 1. The van der Waals surface area contributed by atoms with Crippen LogP contribution in [0.2, 0.25) is 0 Å². The largest absolute Gasteiger partial charge is 0.330 e. The van der Waals surface area contributed by atoms with Crippen LogP contribution < -0.4 is 11.2 Å². The maximum atomic E-state index is 14.2. The predicted octanol–water partition coefficient (Wildman–Crippen LogP) is 4.77. The summed E-state index contributed by atoms with van der Waals surface area (Å²) in [7, 11) is 0. The molecular weight excluding hydrogens is 395 g/mol. The van der Waals surface area contributed by atoms with Gasteiger partial charge >= 0.3 is 0 Å². The van der Waals surface area contributed by atoms with E-state index < -0.39 is 11.6 Å². The standard InChI is InChI=1S/C22H24F3N3S/c1-13(2)28(27-22(29)19-12-17(24)7-8-20(19)25)21-15(9-10-26)4-3-14-5-6-16(23)11-18(14)21/h5-8,11-12,15,21H,1,3-4,9-10,26H2,2H3,(H,27,29). The van der Waals surface area contributed by atoms with Crippen LogP contribution in [0, 0.1) is 23.4 Å². The zero-order chi connectivity index (χ0) is 21.1. The number of nitrogens with zero attached hydrogens (tertiary/aromatic N) is 1. The smallest absolute Gasteiger partial charge is 0.133 e. The van der Waals surface area contributed by atoms with E-state index in [4.69, 9.17) is 18.0 Å². The molecule has 0 spiro atoms. The molecule has 0 saturated carbocycles. The Morgan fingerprint density at radius 2 is 1.90 bits per heavy atom. The Morgan fingerprint density at radius 1 is 1.21 bits per heavy atom. The quantitative estimate of drug-likeness (QED) is 0.523. The van der Waals surface area contributed by atoms with Gasteiger partial charge in [-0.25, -0.2) is 13.2 Å². The van der Waals surface area contributed by atoms with Crippen molar-refractivity contribution in [2.75, 3.05) is 6.54 Å². The minimum Gasteiger partial charge on any atom is -0.330 e. The van der Waals surface area contributed by atoms with Crippen LogP contribution in [0.4, 0.5) is 13.2 Å². The third-order valence-electron chi connectivity index (χ3n) is 5.28. The maximum Gasteiger partial charge on any atom is 0.133 e. The van der Waals surface area contributed by atoms with E-state index in [0.29, 0.717) is 12.2 Å². The van der Waals surface area contributed by atoms with E-state index in [2.05, 4.69) is 12.0 Å². The second-order valence-electron chi connectivity index (χ2n) is 7.33. The van der Waals surface area contributed by atoms with Gasteiger partial charge in [0.25, 0.3) is 0 Å². The van der Waals surface area contributed by atoms with Gasteiger partial charge in [-0.15, -0.1) is 0 Å². The number of hydrazine groups is 1. The lowest BCUT2D eigenvalue weighted by molar-refractivity contribution is 0.136. The van der Waals surface area contributed by atoms with Crippen LogP contribution in [0.25, 0.3) is 0 Å². The van der Waals surface area contributed by atoms with Crippen molar-refractivity contribution in [3.05, 3.63) is 82.8 Å². The van der Waals surface area contributed by atoms with Crippen molar-refractivity contribution < 1.29 is 13.2 Å². The molecule has 0 bridgehead atoms. The van der Waals surface area contributed by atoms with Gasteiger partial charge in [-0.1, -0.05) is 24.9 Å². The number of nitrogens with one attached hydrogen (secondary N) is 1. The fourth-order valence-electron chi connectivity index (χ4n) is 3.93. The van der Waals surface area contributed by atoms with Crippen LogP contribution in [0.5, 0.6) is 0 Å². The minimum atomic E-state index is -0.626. The average Bonchev–Trinajstić information content (AvgIpc) is 2.68. The number of hydrogen-bond acceptors (Lipinski definition) is 3. The van der Waals surface area contributed by atoms with Crippen LogP contribution in [0.1, 0.15) is 42.5 Å². The first-order valence-corrected chi connectivity index (χ1v) is 9.91. The lowest BCUT2D eigenvalue weighted by atomic mass is 9.77. The lowest BCUT2D eigenvalue weighted by Gasteiger charge is -2.43. The van der Waals surface area contributed by atoms with Gasteiger partial charge < -0.3 is 5.73 Å². The molecule has 0 aromatic heterocycles. The molecule has 154 valence electrons. The van der Waals surface area contributed by atoms with Crippen molar-refractivity contribution in [3.8, 4) is 0 Å². The summed E-state index contributed by atoms with van der Waals surface area (Å²) in [6.45, 7) is 6.29. The second kappa shape index (κ2) is 8.97. The summed E-state index contributed by atoms with van der Waals surface area (Å²) in [6, 6.07) is 7.59. The van der Waals surface area contributed by atoms with Gasteiger partial charge in [-0.3, -0.25) is 10.4 Å². The van der Waals surface area contributed by atoms with Crippen LogP contribution in [-0.2, 0) is 6.42 Å². The van der Waals surface area contributed by atoms with Crippen LogP contribution in [0.3, 0.4) is 0 Å². The number of allylic oxidation sites excluding steroid dienone is 1. The highest BCUT2D eigenvalue weighted by atomic mass is 32.1. The maximum absolute atomic E-state index is 14.2. The van der Waals surface area contributed by atoms with E-state index in [9.17, 15) is 13.2 Å². The second-order valence-corrected chi connectivity index (χ2v) is 7.74. The van der Waals surface area contributed by atoms with Gasteiger partial charge in [-0.2, -0.15) is 0 Å². The molecule has 0 heterocycles. The number of thiocarbonyl (C=S) groups is 1. The molecule has 2 atom stereocenters. The van der Waals surface area contributed by atoms with Crippen LogP contribution in [-0.4, -0.2) is 16.5 Å². The fourth-order valence-corrected chi connectivity index (χ4v) is 4.19. The Kier molecular flexibility index (Phi) is 6.59. The predicted molar refractivity (Wildman–Crippen MR) is 112 cm³/mol. The molecule has 0 radical (unpaired) electrons. The van der Waals surface area contributed by atoms with Crippen molar-refractivity contribution in [1.29, 1.82) is 0 Å². The zero-order valence-corrected chi connectivity index (χ0v) is 17.0. The van der Waals surface area contributed by atoms with E-state index >= 15 is 0 Å². The van der Waals surface area contributed by atoms with Gasteiger partial charge in [0.05, 0.1) is 6.04 Å². The third kappa shape index (κ3) is 4.62. The van der Waals surface area contributed by atoms with Gasteiger partial charge in [0, 0.05) is 11.3 Å². The average molecular weight is 420 g/mol. The van der Waals surface area contributed by atoms with Crippen molar-refractivity contribution in [2.45, 2.75) is 32.2 Å². The van der Waals surface area contributed by atoms with Crippen molar-refractivity contribution >= 4 is 17.2 Å². The minimum absolute atomic E-state index is 0.0278. The number of hydrogen-bond donors (Lipinski definition) is 2. The van der Waals surface area contributed by atoms with Crippen molar-refractivity contribution in [1.82, 2.24) is 10.4 Å². The van der Waals surface area contributed by atoms with E-state index in [0.717, 1.165) is 48.6 Å². The first-order chi connectivity index (χ1) is 13.8. The number of halogens is 3. The molecule has 3 N–H and O–H groups in total. The molecule has 29 heavy (non-hydrogen) atoms.